The number of halogens is 1. The summed E-state index contributed by atoms with van der Waals surface area (Å²) in [4.78, 5) is 18.0. The van der Waals surface area contributed by atoms with Crippen molar-refractivity contribution in [2.75, 3.05) is 25.5 Å². The Morgan fingerprint density at radius 3 is 2.54 bits per heavy atom. The summed E-state index contributed by atoms with van der Waals surface area (Å²) < 4.78 is 1.02. The molecule has 0 unspecified atom stereocenters. The minimum Gasteiger partial charge on any atom is -0.378 e. The van der Waals surface area contributed by atoms with Crippen molar-refractivity contribution < 1.29 is 4.79 Å². The van der Waals surface area contributed by atoms with E-state index in [1.807, 2.05) is 26.2 Å². The molecule has 0 aliphatic heterocycles. The van der Waals surface area contributed by atoms with Crippen LogP contribution >= 0.6 is 15.9 Å². The summed E-state index contributed by atoms with van der Waals surface area (Å²) in [7, 11) is 4.05. The highest BCUT2D eigenvalue weighted by Crippen LogP contribution is 2.26. The minimum absolute atomic E-state index is 0.0425. The van der Waals surface area contributed by atoms with Crippen LogP contribution in [0.4, 0.5) is 5.69 Å². The molecule has 0 spiro atoms. The van der Waals surface area contributed by atoms with Crippen molar-refractivity contribution in [2.45, 2.75) is 19.8 Å². The largest absolute Gasteiger partial charge is 0.378 e. The van der Waals surface area contributed by atoms with Gasteiger partial charge < -0.3 is 15.2 Å². The molecular weight excluding hydrogens is 390 g/mol. The van der Waals surface area contributed by atoms with E-state index < -0.39 is 0 Å². The fourth-order valence-corrected chi connectivity index (χ4v) is 3.51. The highest BCUT2D eigenvalue weighted by atomic mass is 79.9. The van der Waals surface area contributed by atoms with Crippen LogP contribution in [-0.4, -0.2) is 31.5 Å². The second-order valence-corrected chi connectivity index (χ2v) is 7.50. The van der Waals surface area contributed by atoms with Gasteiger partial charge in [-0.1, -0.05) is 35.0 Å². The minimum atomic E-state index is -0.0425. The van der Waals surface area contributed by atoms with Crippen molar-refractivity contribution in [2.24, 2.45) is 0 Å². The number of rotatable bonds is 6. The maximum absolute atomic E-state index is 12.7. The third-order valence-corrected chi connectivity index (χ3v) is 5.09. The van der Waals surface area contributed by atoms with E-state index in [1.54, 1.807) is 0 Å². The van der Waals surface area contributed by atoms with Crippen LogP contribution in [0.25, 0.3) is 10.9 Å². The number of nitrogens with zero attached hydrogens (tertiary/aromatic N) is 1. The third-order valence-electron chi connectivity index (χ3n) is 4.60. The monoisotopic (exact) mass is 413 g/mol. The molecule has 0 radical (unpaired) electrons. The standard InChI is InChI=1S/C21H24BrN3O/c1-4-17-18-13-15(22)7-10-19(18)24-20(17)21(26)23-12-11-14-5-8-16(9-6-14)25(2)3/h5-10,13,24H,4,11-12H2,1-3H3,(H,23,26). The van der Waals surface area contributed by atoms with Gasteiger partial charge in [0.1, 0.15) is 5.69 Å². The number of nitrogens with one attached hydrogen (secondary N) is 2. The SMILES string of the molecule is CCc1c(C(=O)NCCc2ccc(N(C)C)cc2)[nH]c2ccc(Br)cc12. The smallest absolute Gasteiger partial charge is 0.268 e. The van der Waals surface area contributed by atoms with Crippen LogP contribution in [0.1, 0.15) is 28.5 Å². The van der Waals surface area contributed by atoms with Gasteiger partial charge in [-0.15, -0.1) is 0 Å². The summed E-state index contributed by atoms with van der Waals surface area (Å²) in [5, 5.41) is 4.15. The van der Waals surface area contributed by atoms with Crippen LogP contribution in [0.5, 0.6) is 0 Å². The Balaban J connectivity index is 1.67. The van der Waals surface area contributed by atoms with E-state index in [0.717, 1.165) is 33.8 Å². The maximum atomic E-state index is 12.7. The van der Waals surface area contributed by atoms with E-state index in [1.165, 1.54) is 11.3 Å². The van der Waals surface area contributed by atoms with E-state index in [-0.39, 0.29) is 5.91 Å². The summed E-state index contributed by atoms with van der Waals surface area (Å²) in [5.74, 6) is -0.0425. The van der Waals surface area contributed by atoms with Gasteiger partial charge in [0.25, 0.3) is 5.91 Å². The second-order valence-electron chi connectivity index (χ2n) is 6.59. The van der Waals surface area contributed by atoms with Gasteiger partial charge in [0.05, 0.1) is 0 Å². The van der Waals surface area contributed by atoms with Crippen molar-refractivity contribution in [1.29, 1.82) is 0 Å². The lowest BCUT2D eigenvalue weighted by Gasteiger charge is -2.12. The van der Waals surface area contributed by atoms with Gasteiger partial charge in [-0.2, -0.15) is 0 Å². The van der Waals surface area contributed by atoms with Crippen LogP contribution < -0.4 is 10.2 Å². The molecule has 4 nitrogen and oxygen atoms in total. The molecule has 1 heterocycles. The number of hydrogen-bond acceptors (Lipinski definition) is 2. The van der Waals surface area contributed by atoms with Crippen molar-refractivity contribution in [1.82, 2.24) is 10.3 Å². The fraction of sp³-hybridized carbons (Fsp3) is 0.286. The van der Waals surface area contributed by atoms with Crippen LogP contribution in [0.15, 0.2) is 46.9 Å². The Labute approximate surface area is 162 Å². The van der Waals surface area contributed by atoms with Gasteiger partial charge in [0.15, 0.2) is 0 Å². The van der Waals surface area contributed by atoms with E-state index >= 15 is 0 Å². The van der Waals surface area contributed by atoms with Crippen molar-refractivity contribution in [3.8, 4) is 0 Å². The lowest BCUT2D eigenvalue weighted by molar-refractivity contribution is 0.0949. The number of aromatic nitrogens is 1. The summed E-state index contributed by atoms with van der Waals surface area (Å²) in [5.41, 5.74) is 5.12. The van der Waals surface area contributed by atoms with Gasteiger partial charge in [0.2, 0.25) is 0 Å². The molecule has 0 saturated heterocycles. The molecule has 136 valence electrons. The topological polar surface area (TPSA) is 48.1 Å². The Morgan fingerprint density at radius 2 is 1.88 bits per heavy atom. The predicted octanol–water partition coefficient (Wildman–Crippen LogP) is 4.53. The summed E-state index contributed by atoms with van der Waals surface area (Å²) in [6.07, 6.45) is 1.62. The normalized spacial score (nSPS) is 10.9. The van der Waals surface area contributed by atoms with E-state index in [0.29, 0.717) is 12.2 Å². The Bertz CT molecular complexity index is 913. The molecule has 0 atom stereocenters. The quantitative estimate of drug-likeness (QED) is 0.623. The zero-order valence-corrected chi connectivity index (χ0v) is 17.0. The molecule has 2 N–H and O–H groups in total. The Kier molecular flexibility index (Phi) is 5.67. The zero-order valence-electron chi connectivity index (χ0n) is 15.4. The number of aromatic amines is 1. The lowest BCUT2D eigenvalue weighted by atomic mass is 10.1. The Hall–Kier alpha value is -2.27. The highest BCUT2D eigenvalue weighted by Gasteiger charge is 2.16. The van der Waals surface area contributed by atoms with E-state index in [4.69, 9.17) is 0 Å². The molecule has 5 heteroatoms. The van der Waals surface area contributed by atoms with E-state index in [2.05, 4.69) is 68.4 Å². The predicted molar refractivity (Wildman–Crippen MR) is 112 cm³/mol. The van der Waals surface area contributed by atoms with Crippen LogP contribution in [-0.2, 0) is 12.8 Å². The summed E-state index contributed by atoms with van der Waals surface area (Å²) >= 11 is 3.51. The van der Waals surface area contributed by atoms with Crippen LogP contribution in [0.3, 0.4) is 0 Å². The molecule has 0 bridgehead atoms. The maximum Gasteiger partial charge on any atom is 0.268 e. The van der Waals surface area contributed by atoms with Crippen LogP contribution in [0, 0.1) is 0 Å². The number of fused-ring (bicyclic) bond motifs is 1. The first-order valence-electron chi connectivity index (χ1n) is 8.84. The second kappa shape index (κ2) is 7.96. The zero-order chi connectivity index (χ0) is 18.7. The number of carbonyl (C=O) groups excluding carboxylic acids is 1. The number of carbonyl (C=O) groups is 1. The number of anilines is 1. The molecule has 0 aliphatic carbocycles. The molecule has 3 aromatic rings. The fourth-order valence-electron chi connectivity index (χ4n) is 3.15. The molecule has 0 fully saturated rings. The first kappa shape index (κ1) is 18.5. The molecular formula is C21H24BrN3O. The lowest BCUT2D eigenvalue weighted by Crippen LogP contribution is -2.26. The molecule has 3 rings (SSSR count). The molecule has 26 heavy (non-hydrogen) atoms. The highest BCUT2D eigenvalue weighted by molar-refractivity contribution is 9.10. The van der Waals surface area contributed by atoms with Crippen molar-refractivity contribution in [3.05, 3.63) is 63.8 Å². The van der Waals surface area contributed by atoms with Gasteiger partial charge in [0, 0.05) is 41.7 Å². The van der Waals surface area contributed by atoms with Crippen LogP contribution in [0.2, 0.25) is 0 Å². The molecule has 1 aromatic heterocycles. The molecule has 0 aliphatic rings. The van der Waals surface area contributed by atoms with E-state index in [9.17, 15) is 4.79 Å². The molecule has 0 saturated carbocycles. The number of H-pyrrole nitrogens is 1. The van der Waals surface area contributed by atoms with Gasteiger partial charge >= 0.3 is 0 Å². The summed E-state index contributed by atoms with van der Waals surface area (Å²) in [6, 6.07) is 14.5. The number of aryl methyl sites for hydroxylation is 1. The molecule has 1 amide bonds. The number of hydrogen-bond donors (Lipinski definition) is 2. The number of amides is 1. The summed E-state index contributed by atoms with van der Waals surface area (Å²) in [6.45, 7) is 2.69. The first-order chi connectivity index (χ1) is 12.5. The average molecular weight is 414 g/mol. The average Bonchev–Trinajstić information content (AvgIpc) is 2.99. The Morgan fingerprint density at radius 1 is 1.15 bits per heavy atom. The third kappa shape index (κ3) is 3.93. The number of benzene rings is 2. The van der Waals surface area contributed by atoms with Crippen molar-refractivity contribution in [3.63, 3.8) is 0 Å². The van der Waals surface area contributed by atoms with Gasteiger partial charge in [-0.3, -0.25) is 4.79 Å². The molecule has 2 aromatic carbocycles. The first-order valence-corrected chi connectivity index (χ1v) is 9.63. The van der Waals surface area contributed by atoms with Gasteiger partial charge in [-0.05, 0) is 54.3 Å². The van der Waals surface area contributed by atoms with Gasteiger partial charge in [-0.25, -0.2) is 0 Å². The van der Waals surface area contributed by atoms with Crippen molar-refractivity contribution >= 4 is 38.4 Å².